The highest BCUT2D eigenvalue weighted by molar-refractivity contribution is 5.91. The summed E-state index contributed by atoms with van der Waals surface area (Å²) in [6.07, 6.45) is 3.29. The number of benzene rings is 3. The SMILES string of the molecule is Cc1cc(Nc2ncnc3ccc(O)cc23)ccc1Oc1ccc2c(c1)ncn2C. The summed E-state index contributed by atoms with van der Waals surface area (Å²) >= 11 is 0. The molecular weight excluding hydrogens is 378 g/mol. The Labute approximate surface area is 172 Å². The fourth-order valence-corrected chi connectivity index (χ4v) is 3.43. The van der Waals surface area contributed by atoms with E-state index in [0.717, 1.165) is 44.7 Å². The number of hydrogen-bond acceptors (Lipinski definition) is 6. The number of imidazole rings is 1. The number of rotatable bonds is 4. The van der Waals surface area contributed by atoms with Gasteiger partial charge in [0, 0.05) is 24.2 Å². The summed E-state index contributed by atoms with van der Waals surface area (Å²) in [6.45, 7) is 1.99. The van der Waals surface area contributed by atoms with Gasteiger partial charge in [0.2, 0.25) is 0 Å². The van der Waals surface area contributed by atoms with Crippen LogP contribution in [0.3, 0.4) is 0 Å². The molecule has 5 aromatic rings. The van der Waals surface area contributed by atoms with Gasteiger partial charge in [-0.15, -0.1) is 0 Å². The predicted molar refractivity (Wildman–Crippen MR) is 116 cm³/mol. The van der Waals surface area contributed by atoms with Gasteiger partial charge in [0.25, 0.3) is 0 Å². The average molecular weight is 397 g/mol. The third-order valence-corrected chi connectivity index (χ3v) is 4.98. The Balaban J connectivity index is 1.41. The van der Waals surface area contributed by atoms with Gasteiger partial charge in [-0.05, 0) is 61.0 Å². The number of nitrogens with zero attached hydrogens (tertiary/aromatic N) is 4. The molecule has 0 spiro atoms. The molecule has 3 aromatic carbocycles. The number of ether oxygens (including phenoxy) is 1. The molecule has 0 saturated heterocycles. The molecular formula is C23H19N5O2. The molecule has 0 amide bonds. The number of anilines is 2. The van der Waals surface area contributed by atoms with Crippen LogP contribution in [-0.2, 0) is 7.05 Å². The summed E-state index contributed by atoms with van der Waals surface area (Å²) in [6, 6.07) is 16.7. The fourth-order valence-electron chi connectivity index (χ4n) is 3.43. The van der Waals surface area contributed by atoms with Gasteiger partial charge >= 0.3 is 0 Å². The van der Waals surface area contributed by atoms with E-state index < -0.39 is 0 Å². The van der Waals surface area contributed by atoms with Crippen molar-refractivity contribution in [3.8, 4) is 17.2 Å². The van der Waals surface area contributed by atoms with Crippen molar-refractivity contribution in [1.82, 2.24) is 19.5 Å². The number of phenols is 1. The van der Waals surface area contributed by atoms with Gasteiger partial charge in [-0.3, -0.25) is 0 Å². The first-order valence-electron chi connectivity index (χ1n) is 9.47. The Morgan fingerprint density at radius 2 is 1.83 bits per heavy atom. The zero-order chi connectivity index (χ0) is 20.7. The molecule has 7 heteroatoms. The van der Waals surface area contributed by atoms with E-state index in [1.165, 1.54) is 6.33 Å². The minimum atomic E-state index is 0.171. The van der Waals surface area contributed by atoms with Gasteiger partial charge in [-0.25, -0.2) is 15.0 Å². The fraction of sp³-hybridized carbons (Fsp3) is 0.0870. The van der Waals surface area contributed by atoms with Crippen molar-refractivity contribution < 1.29 is 9.84 Å². The Bertz CT molecular complexity index is 1390. The second kappa shape index (κ2) is 7.04. The van der Waals surface area contributed by atoms with Crippen LogP contribution in [-0.4, -0.2) is 24.6 Å². The molecule has 7 nitrogen and oxygen atoms in total. The number of fused-ring (bicyclic) bond motifs is 2. The Morgan fingerprint density at radius 3 is 2.70 bits per heavy atom. The lowest BCUT2D eigenvalue weighted by molar-refractivity contribution is 0.476. The topological polar surface area (TPSA) is 85.1 Å². The minimum absolute atomic E-state index is 0.171. The number of aromatic hydroxyl groups is 1. The normalized spacial score (nSPS) is 11.1. The lowest BCUT2D eigenvalue weighted by Gasteiger charge is -2.12. The van der Waals surface area contributed by atoms with Gasteiger partial charge in [0.15, 0.2) is 0 Å². The Kier molecular flexibility index (Phi) is 4.21. The smallest absolute Gasteiger partial charge is 0.141 e. The van der Waals surface area contributed by atoms with Crippen molar-refractivity contribution in [3.63, 3.8) is 0 Å². The highest BCUT2D eigenvalue weighted by atomic mass is 16.5. The molecule has 2 heterocycles. The first kappa shape index (κ1) is 17.9. The van der Waals surface area contributed by atoms with Crippen LogP contribution in [0.25, 0.3) is 21.9 Å². The summed E-state index contributed by atoms with van der Waals surface area (Å²) in [5, 5.41) is 13.9. The van der Waals surface area contributed by atoms with Crippen molar-refractivity contribution in [2.75, 3.05) is 5.32 Å². The predicted octanol–water partition coefficient (Wildman–Crippen LogP) is 5.07. The molecule has 2 aromatic heterocycles. The molecule has 2 N–H and O–H groups in total. The molecule has 0 aliphatic heterocycles. The summed E-state index contributed by atoms with van der Waals surface area (Å²) in [5.41, 5.74) is 4.55. The lowest BCUT2D eigenvalue weighted by Crippen LogP contribution is -1.97. The Morgan fingerprint density at radius 1 is 0.933 bits per heavy atom. The van der Waals surface area contributed by atoms with Crippen molar-refractivity contribution in [2.24, 2.45) is 7.05 Å². The van der Waals surface area contributed by atoms with Crippen molar-refractivity contribution in [3.05, 3.63) is 72.8 Å². The highest BCUT2D eigenvalue weighted by Crippen LogP contribution is 2.31. The maximum absolute atomic E-state index is 9.80. The van der Waals surface area contributed by atoms with E-state index >= 15 is 0 Å². The third kappa shape index (κ3) is 3.26. The number of nitrogens with one attached hydrogen (secondary N) is 1. The summed E-state index contributed by atoms with van der Waals surface area (Å²) in [4.78, 5) is 12.9. The largest absolute Gasteiger partial charge is 0.508 e. The van der Waals surface area contributed by atoms with E-state index in [0.29, 0.717) is 5.82 Å². The molecule has 0 bridgehead atoms. The second-order valence-corrected chi connectivity index (χ2v) is 7.14. The molecule has 0 fully saturated rings. The quantitative estimate of drug-likeness (QED) is 0.441. The van der Waals surface area contributed by atoms with Crippen LogP contribution in [0.5, 0.6) is 17.2 Å². The zero-order valence-corrected chi connectivity index (χ0v) is 16.5. The van der Waals surface area contributed by atoms with Gasteiger partial charge < -0.3 is 19.7 Å². The van der Waals surface area contributed by atoms with Crippen molar-refractivity contribution in [1.29, 1.82) is 0 Å². The van der Waals surface area contributed by atoms with E-state index in [9.17, 15) is 5.11 Å². The molecule has 0 unspecified atom stereocenters. The Hall–Kier alpha value is -4.13. The second-order valence-electron chi connectivity index (χ2n) is 7.14. The van der Waals surface area contributed by atoms with E-state index in [4.69, 9.17) is 4.74 Å². The van der Waals surface area contributed by atoms with Crippen LogP contribution in [0, 0.1) is 6.92 Å². The van der Waals surface area contributed by atoms with Crippen LogP contribution in [0.1, 0.15) is 5.56 Å². The van der Waals surface area contributed by atoms with E-state index in [1.54, 1.807) is 24.5 Å². The van der Waals surface area contributed by atoms with Gasteiger partial charge in [-0.1, -0.05) is 0 Å². The average Bonchev–Trinajstić information content (AvgIpc) is 3.11. The molecule has 5 rings (SSSR count). The first-order chi connectivity index (χ1) is 14.6. The van der Waals surface area contributed by atoms with Gasteiger partial charge in [0.05, 0.1) is 22.9 Å². The van der Waals surface area contributed by atoms with E-state index in [2.05, 4.69) is 20.3 Å². The standard InChI is InChI=1S/C23H19N5O2/c1-14-9-15(27-23-18-10-16(29)4-6-19(18)24-12-25-23)3-8-22(14)30-17-5-7-21-20(11-17)26-13-28(21)2/h3-13,29H,1-2H3,(H,24,25,27). The van der Waals surface area contributed by atoms with Crippen LogP contribution in [0.2, 0.25) is 0 Å². The van der Waals surface area contributed by atoms with Crippen LogP contribution in [0.4, 0.5) is 11.5 Å². The number of phenolic OH excluding ortho intramolecular Hbond substituents is 1. The molecule has 148 valence electrons. The summed E-state index contributed by atoms with van der Waals surface area (Å²) < 4.78 is 8.06. The molecule has 30 heavy (non-hydrogen) atoms. The van der Waals surface area contributed by atoms with Gasteiger partial charge in [-0.2, -0.15) is 0 Å². The van der Waals surface area contributed by atoms with Crippen LogP contribution >= 0.6 is 0 Å². The third-order valence-electron chi connectivity index (χ3n) is 4.98. The first-order valence-corrected chi connectivity index (χ1v) is 9.47. The number of hydrogen-bond donors (Lipinski definition) is 2. The van der Waals surface area contributed by atoms with E-state index in [1.807, 2.05) is 54.9 Å². The maximum Gasteiger partial charge on any atom is 0.141 e. The maximum atomic E-state index is 9.80. The summed E-state index contributed by atoms with van der Waals surface area (Å²) in [7, 11) is 1.97. The molecule has 0 radical (unpaired) electrons. The zero-order valence-electron chi connectivity index (χ0n) is 16.5. The lowest BCUT2D eigenvalue weighted by atomic mass is 10.2. The van der Waals surface area contributed by atoms with E-state index in [-0.39, 0.29) is 5.75 Å². The van der Waals surface area contributed by atoms with Gasteiger partial charge in [0.1, 0.15) is 29.4 Å². The monoisotopic (exact) mass is 397 g/mol. The number of aryl methyl sites for hydroxylation is 2. The molecule has 0 saturated carbocycles. The van der Waals surface area contributed by atoms with Crippen molar-refractivity contribution in [2.45, 2.75) is 6.92 Å². The molecule has 0 atom stereocenters. The van der Waals surface area contributed by atoms with Crippen LogP contribution in [0.15, 0.2) is 67.3 Å². The van der Waals surface area contributed by atoms with Crippen molar-refractivity contribution >= 4 is 33.4 Å². The molecule has 0 aliphatic rings. The highest BCUT2D eigenvalue weighted by Gasteiger charge is 2.09. The molecule has 0 aliphatic carbocycles. The number of aromatic nitrogens is 4. The minimum Gasteiger partial charge on any atom is -0.508 e. The van der Waals surface area contributed by atoms with Crippen LogP contribution < -0.4 is 10.1 Å². The summed E-state index contributed by atoms with van der Waals surface area (Å²) in [5.74, 6) is 2.30.